The van der Waals surface area contributed by atoms with E-state index in [9.17, 15) is 4.79 Å². The molecule has 142 valence electrons. The van der Waals surface area contributed by atoms with Crippen LogP contribution in [0.3, 0.4) is 0 Å². The van der Waals surface area contributed by atoms with Crippen molar-refractivity contribution in [3.63, 3.8) is 0 Å². The molecule has 2 atom stereocenters. The molecule has 1 saturated heterocycles. The summed E-state index contributed by atoms with van der Waals surface area (Å²) in [6.45, 7) is 7.73. The first-order valence-electron chi connectivity index (χ1n) is 8.47. The van der Waals surface area contributed by atoms with Gasteiger partial charge < -0.3 is 20.1 Å². The second-order valence-electron chi connectivity index (χ2n) is 6.66. The molecule has 2 N–H and O–H groups in total. The summed E-state index contributed by atoms with van der Waals surface area (Å²) in [5, 5.41) is 6.83. The molecule has 0 aliphatic carbocycles. The standard InChI is InChI=1S/C18H27ClN2O3.ClH/c1-11(2)10-24-17-14(19)8-13(9-16(17)23-4)18(22)21-15-6-5-7-20-12(15)3;/h8-9,11-12,15,20H,5-7,10H2,1-4H3,(H,21,22);1H. The van der Waals surface area contributed by atoms with E-state index in [0.29, 0.717) is 34.6 Å². The van der Waals surface area contributed by atoms with E-state index < -0.39 is 0 Å². The van der Waals surface area contributed by atoms with Crippen LogP contribution in [0.15, 0.2) is 12.1 Å². The number of amides is 1. The zero-order chi connectivity index (χ0) is 17.7. The molecule has 2 rings (SSSR count). The van der Waals surface area contributed by atoms with E-state index in [1.807, 2.05) is 0 Å². The van der Waals surface area contributed by atoms with E-state index in [1.165, 1.54) is 0 Å². The van der Waals surface area contributed by atoms with Crippen LogP contribution in [0.5, 0.6) is 11.5 Å². The Bertz CT molecular complexity index is 582. The Morgan fingerprint density at radius 1 is 1.44 bits per heavy atom. The van der Waals surface area contributed by atoms with Crippen molar-refractivity contribution in [1.29, 1.82) is 0 Å². The first-order valence-corrected chi connectivity index (χ1v) is 8.84. The highest BCUT2D eigenvalue weighted by Gasteiger charge is 2.24. The monoisotopic (exact) mass is 390 g/mol. The van der Waals surface area contributed by atoms with Gasteiger partial charge in [-0.15, -0.1) is 12.4 Å². The number of rotatable bonds is 6. The fraction of sp³-hybridized carbons (Fsp3) is 0.611. The maximum absolute atomic E-state index is 12.6. The van der Waals surface area contributed by atoms with Crippen molar-refractivity contribution in [1.82, 2.24) is 10.6 Å². The van der Waals surface area contributed by atoms with E-state index in [1.54, 1.807) is 19.2 Å². The lowest BCUT2D eigenvalue weighted by atomic mass is 9.99. The summed E-state index contributed by atoms with van der Waals surface area (Å²) in [5.41, 5.74) is 0.478. The second-order valence-corrected chi connectivity index (χ2v) is 7.07. The number of carbonyl (C=O) groups excluding carboxylic acids is 1. The third-order valence-corrected chi connectivity index (χ3v) is 4.41. The number of carbonyl (C=O) groups is 1. The van der Waals surface area contributed by atoms with Gasteiger partial charge in [0.05, 0.1) is 18.7 Å². The van der Waals surface area contributed by atoms with Gasteiger partial charge in [-0.05, 0) is 44.4 Å². The van der Waals surface area contributed by atoms with Gasteiger partial charge in [-0.25, -0.2) is 0 Å². The zero-order valence-corrected chi connectivity index (χ0v) is 16.8. The van der Waals surface area contributed by atoms with Crippen molar-refractivity contribution in [2.75, 3.05) is 20.3 Å². The van der Waals surface area contributed by atoms with Crippen LogP contribution in [0, 0.1) is 5.92 Å². The van der Waals surface area contributed by atoms with Gasteiger partial charge in [-0.1, -0.05) is 25.4 Å². The summed E-state index contributed by atoms with van der Waals surface area (Å²) in [7, 11) is 1.54. The maximum Gasteiger partial charge on any atom is 0.251 e. The Labute approximate surface area is 161 Å². The van der Waals surface area contributed by atoms with Crippen molar-refractivity contribution in [2.45, 2.75) is 45.7 Å². The molecule has 0 bridgehead atoms. The smallest absolute Gasteiger partial charge is 0.251 e. The molecular weight excluding hydrogens is 363 g/mol. The Kier molecular flexibility index (Phi) is 8.83. The van der Waals surface area contributed by atoms with E-state index in [-0.39, 0.29) is 30.4 Å². The predicted molar refractivity (Wildman–Crippen MR) is 104 cm³/mol. The van der Waals surface area contributed by atoms with E-state index >= 15 is 0 Å². The van der Waals surface area contributed by atoms with Crippen LogP contribution >= 0.6 is 24.0 Å². The maximum atomic E-state index is 12.6. The molecule has 5 nitrogen and oxygen atoms in total. The van der Waals surface area contributed by atoms with Crippen LogP contribution in [0.1, 0.15) is 44.0 Å². The Hall–Kier alpha value is -1.17. The average molecular weight is 391 g/mol. The highest BCUT2D eigenvalue weighted by atomic mass is 35.5. The highest BCUT2D eigenvalue weighted by molar-refractivity contribution is 6.32. The van der Waals surface area contributed by atoms with E-state index in [4.69, 9.17) is 21.1 Å². The van der Waals surface area contributed by atoms with Crippen molar-refractivity contribution in [3.8, 4) is 11.5 Å². The van der Waals surface area contributed by atoms with Gasteiger partial charge in [-0.3, -0.25) is 4.79 Å². The summed E-state index contributed by atoms with van der Waals surface area (Å²) in [4.78, 5) is 12.6. The van der Waals surface area contributed by atoms with Crippen LogP contribution in [0.25, 0.3) is 0 Å². The van der Waals surface area contributed by atoms with Gasteiger partial charge in [0.1, 0.15) is 0 Å². The lowest BCUT2D eigenvalue weighted by Crippen LogP contribution is -2.51. The van der Waals surface area contributed by atoms with Gasteiger partial charge in [0.15, 0.2) is 11.5 Å². The van der Waals surface area contributed by atoms with Crippen LogP contribution < -0.4 is 20.1 Å². The number of ether oxygens (including phenoxy) is 2. The van der Waals surface area contributed by atoms with Crippen LogP contribution in [-0.2, 0) is 0 Å². The SMILES string of the molecule is COc1cc(C(=O)NC2CCCNC2C)cc(Cl)c1OCC(C)C.Cl. The summed E-state index contributed by atoms with van der Waals surface area (Å²) < 4.78 is 11.1. The van der Waals surface area contributed by atoms with Crippen molar-refractivity contribution >= 4 is 29.9 Å². The lowest BCUT2D eigenvalue weighted by molar-refractivity contribution is 0.0919. The number of methoxy groups -OCH3 is 1. The molecule has 1 aromatic rings. The van der Waals surface area contributed by atoms with E-state index in [0.717, 1.165) is 19.4 Å². The Morgan fingerprint density at radius 2 is 2.16 bits per heavy atom. The minimum absolute atomic E-state index is 0. The molecule has 0 radical (unpaired) electrons. The minimum atomic E-state index is -0.147. The first-order chi connectivity index (χ1) is 11.4. The minimum Gasteiger partial charge on any atom is -0.493 e. The molecule has 7 heteroatoms. The average Bonchev–Trinajstić information content (AvgIpc) is 2.54. The predicted octanol–water partition coefficient (Wildman–Crippen LogP) is 3.68. The first kappa shape index (κ1) is 21.9. The molecule has 0 aromatic heterocycles. The number of piperidine rings is 1. The van der Waals surface area contributed by atoms with Gasteiger partial charge >= 0.3 is 0 Å². The van der Waals surface area contributed by atoms with Crippen molar-refractivity contribution in [3.05, 3.63) is 22.7 Å². The summed E-state index contributed by atoms with van der Waals surface area (Å²) >= 11 is 6.31. The third kappa shape index (κ3) is 5.94. The lowest BCUT2D eigenvalue weighted by Gasteiger charge is -2.30. The molecule has 1 aromatic carbocycles. The molecule has 0 spiro atoms. The third-order valence-electron chi connectivity index (χ3n) is 4.13. The van der Waals surface area contributed by atoms with Crippen molar-refractivity contribution < 1.29 is 14.3 Å². The summed E-state index contributed by atoms with van der Waals surface area (Å²) in [6, 6.07) is 3.69. The number of hydrogen-bond donors (Lipinski definition) is 2. The molecule has 0 saturated carbocycles. The number of halogens is 2. The van der Waals surface area contributed by atoms with Gasteiger partial charge in [0, 0.05) is 17.6 Å². The molecular formula is C18H28Cl2N2O3. The fourth-order valence-electron chi connectivity index (χ4n) is 2.73. The second kappa shape index (κ2) is 10.1. The number of nitrogens with one attached hydrogen (secondary N) is 2. The molecule has 1 heterocycles. The molecule has 2 unspecified atom stereocenters. The molecule has 1 aliphatic rings. The Morgan fingerprint density at radius 3 is 2.76 bits per heavy atom. The van der Waals surface area contributed by atoms with Crippen LogP contribution in [-0.4, -0.2) is 38.3 Å². The van der Waals surface area contributed by atoms with Crippen LogP contribution in [0.2, 0.25) is 5.02 Å². The molecule has 1 fully saturated rings. The Balaban J connectivity index is 0.00000312. The van der Waals surface area contributed by atoms with Gasteiger partial charge in [0.25, 0.3) is 5.91 Å². The van der Waals surface area contributed by atoms with Crippen LogP contribution in [0.4, 0.5) is 0 Å². The summed E-state index contributed by atoms with van der Waals surface area (Å²) in [6.07, 6.45) is 2.03. The molecule has 25 heavy (non-hydrogen) atoms. The van der Waals surface area contributed by atoms with Gasteiger partial charge in [-0.2, -0.15) is 0 Å². The zero-order valence-electron chi connectivity index (χ0n) is 15.2. The summed E-state index contributed by atoms with van der Waals surface area (Å²) in [5.74, 6) is 1.18. The molecule has 1 amide bonds. The molecule has 1 aliphatic heterocycles. The largest absolute Gasteiger partial charge is 0.493 e. The number of benzene rings is 1. The van der Waals surface area contributed by atoms with E-state index in [2.05, 4.69) is 31.4 Å². The highest BCUT2D eigenvalue weighted by Crippen LogP contribution is 2.36. The normalized spacial score (nSPS) is 19.9. The number of hydrogen-bond acceptors (Lipinski definition) is 4. The van der Waals surface area contributed by atoms with Gasteiger partial charge in [0.2, 0.25) is 0 Å². The van der Waals surface area contributed by atoms with Crippen molar-refractivity contribution in [2.24, 2.45) is 5.92 Å². The fourth-order valence-corrected chi connectivity index (χ4v) is 3.00. The quantitative estimate of drug-likeness (QED) is 0.777. The topological polar surface area (TPSA) is 59.6 Å².